The van der Waals surface area contributed by atoms with Crippen LogP contribution in [0.5, 0.6) is 0 Å². The van der Waals surface area contributed by atoms with Gasteiger partial charge in [0.1, 0.15) is 11.5 Å². The molecular formula is C23H21N7O2S. The molecular weight excluding hydrogens is 438 g/mol. The third kappa shape index (κ3) is 4.16. The van der Waals surface area contributed by atoms with E-state index in [4.69, 9.17) is 5.26 Å². The van der Waals surface area contributed by atoms with Crippen molar-refractivity contribution in [3.63, 3.8) is 0 Å². The van der Waals surface area contributed by atoms with E-state index in [0.717, 1.165) is 28.0 Å². The Bertz CT molecular complexity index is 1480. The maximum Gasteiger partial charge on any atom is 0.240 e. The minimum atomic E-state index is -3.69. The number of benzene rings is 1. The first-order valence-corrected chi connectivity index (χ1v) is 12.0. The van der Waals surface area contributed by atoms with Crippen LogP contribution in [0.25, 0.3) is 22.3 Å². The Hall–Kier alpha value is -3.81. The number of rotatable bonds is 6. The SMILES string of the molecule is Cc1nccc(-c2cnc3[nH]ccc3c2NC2CC(NS(=O)(=O)c3cccc(C#N)c3)C2)n1. The molecule has 5 rings (SSSR count). The summed E-state index contributed by atoms with van der Waals surface area (Å²) in [6.07, 6.45) is 6.61. The van der Waals surface area contributed by atoms with Gasteiger partial charge < -0.3 is 10.3 Å². The molecule has 0 amide bonds. The Balaban J connectivity index is 1.34. The molecule has 0 spiro atoms. The lowest BCUT2D eigenvalue weighted by Crippen LogP contribution is -2.49. The fraction of sp³-hybridized carbons (Fsp3) is 0.217. The fourth-order valence-electron chi connectivity index (χ4n) is 4.02. The summed E-state index contributed by atoms with van der Waals surface area (Å²) in [5.41, 5.74) is 3.62. The second-order valence-corrected chi connectivity index (χ2v) is 9.76. The average Bonchev–Trinajstić information content (AvgIpc) is 3.27. The van der Waals surface area contributed by atoms with Crippen molar-refractivity contribution in [1.29, 1.82) is 5.26 Å². The molecule has 9 nitrogen and oxygen atoms in total. The van der Waals surface area contributed by atoms with Gasteiger partial charge in [-0.25, -0.2) is 28.1 Å². The van der Waals surface area contributed by atoms with E-state index in [9.17, 15) is 8.42 Å². The lowest BCUT2D eigenvalue weighted by molar-refractivity contribution is 0.346. The summed E-state index contributed by atoms with van der Waals surface area (Å²) in [5, 5.41) is 13.5. The third-order valence-corrected chi connectivity index (χ3v) is 7.24. The first-order chi connectivity index (χ1) is 15.9. The van der Waals surface area contributed by atoms with E-state index < -0.39 is 10.0 Å². The number of H-pyrrole nitrogens is 1. The molecule has 0 radical (unpaired) electrons. The molecule has 1 aliphatic rings. The predicted molar refractivity (Wildman–Crippen MR) is 124 cm³/mol. The Kier molecular flexibility index (Phi) is 5.28. The van der Waals surface area contributed by atoms with Crippen molar-refractivity contribution in [2.45, 2.75) is 36.7 Å². The van der Waals surface area contributed by atoms with Gasteiger partial charge in [-0.05, 0) is 50.1 Å². The number of hydrogen-bond donors (Lipinski definition) is 3. The van der Waals surface area contributed by atoms with Crippen LogP contribution < -0.4 is 10.0 Å². The molecule has 1 aromatic carbocycles. The van der Waals surface area contributed by atoms with Crippen molar-refractivity contribution in [2.75, 3.05) is 5.32 Å². The molecule has 3 N–H and O–H groups in total. The molecule has 4 aromatic rings. The molecule has 0 bridgehead atoms. The Morgan fingerprint density at radius 3 is 2.79 bits per heavy atom. The molecule has 1 saturated carbocycles. The van der Waals surface area contributed by atoms with Gasteiger partial charge in [0.15, 0.2) is 0 Å². The zero-order chi connectivity index (χ0) is 23.0. The van der Waals surface area contributed by atoms with Gasteiger partial charge in [-0.1, -0.05) is 6.07 Å². The summed E-state index contributed by atoms with van der Waals surface area (Å²) in [6, 6.07) is 11.7. The quantitative estimate of drug-likeness (QED) is 0.403. The van der Waals surface area contributed by atoms with Crippen molar-refractivity contribution < 1.29 is 8.42 Å². The number of sulfonamides is 1. The number of aromatic amines is 1. The Labute approximate surface area is 191 Å². The zero-order valence-corrected chi connectivity index (χ0v) is 18.6. The number of fused-ring (bicyclic) bond motifs is 1. The highest BCUT2D eigenvalue weighted by Crippen LogP contribution is 2.35. The molecule has 166 valence electrons. The number of aromatic nitrogens is 4. The van der Waals surface area contributed by atoms with Crippen LogP contribution in [0, 0.1) is 18.3 Å². The summed E-state index contributed by atoms with van der Waals surface area (Å²) in [4.78, 5) is 16.4. The zero-order valence-electron chi connectivity index (χ0n) is 17.8. The lowest BCUT2D eigenvalue weighted by Gasteiger charge is -2.37. The normalized spacial score (nSPS) is 17.9. The van der Waals surface area contributed by atoms with Crippen LogP contribution in [0.4, 0.5) is 5.69 Å². The number of pyridine rings is 1. The van der Waals surface area contributed by atoms with Crippen molar-refractivity contribution in [1.82, 2.24) is 24.7 Å². The summed E-state index contributed by atoms with van der Waals surface area (Å²) in [6.45, 7) is 1.84. The van der Waals surface area contributed by atoms with Gasteiger partial charge >= 0.3 is 0 Å². The number of hydrogen-bond acceptors (Lipinski definition) is 7. The maximum atomic E-state index is 12.7. The van der Waals surface area contributed by atoms with Crippen molar-refractivity contribution in [2.24, 2.45) is 0 Å². The summed E-state index contributed by atoms with van der Waals surface area (Å²) >= 11 is 0. The summed E-state index contributed by atoms with van der Waals surface area (Å²) < 4.78 is 28.2. The predicted octanol–water partition coefficient (Wildman–Crippen LogP) is 3.12. The monoisotopic (exact) mass is 459 g/mol. The molecule has 33 heavy (non-hydrogen) atoms. The van der Waals surface area contributed by atoms with Gasteiger partial charge in [0, 0.05) is 41.6 Å². The number of nitriles is 1. The van der Waals surface area contributed by atoms with Crippen LogP contribution in [0.3, 0.4) is 0 Å². The Morgan fingerprint density at radius 2 is 2.00 bits per heavy atom. The van der Waals surface area contributed by atoms with Gasteiger partial charge in [0.25, 0.3) is 0 Å². The lowest BCUT2D eigenvalue weighted by atomic mass is 9.87. The van der Waals surface area contributed by atoms with Crippen molar-refractivity contribution in [3.8, 4) is 17.3 Å². The minimum Gasteiger partial charge on any atom is -0.381 e. The number of nitrogens with zero attached hydrogens (tertiary/aromatic N) is 4. The number of aryl methyl sites for hydroxylation is 1. The standard InChI is InChI=1S/C23H21N7O2S/c1-14-25-8-6-21(28-14)20-13-27-23-19(5-7-26-23)22(20)29-16-10-17(11-16)30-33(31,32)18-4-2-3-15(9-18)12-24/h2-9,13,16-17,30H,10-11H2,1H3,(H2,26,27,29). The van der Waals surface area contributed by atoms with Gasteiger partial charge in [0.2, 0.25) is 10.0 Å². The average molecular weight is 460 g/mol. The molecule has 0 unspecified atom stereocenters. The van der Waals surface area contributed by atoms with E-state index in [-0.39, 0.29) is 17.0 Å². The molecule has 0 atom stereocenters. The fourth-order valence-corrected chi connectivity index (χ4v) is 5.33. The third-order valence-electron chi connectivity index (χ3n) is 5.72. The van der Waals surface area contributed by atoms with E-state index in [0.29, 0.717) is 24.2 Å². The van der Waals surface area contributed by atoms with E-state index in [2.05, 4.69) is 30.0 Å². The summed E-state index contributed by atoms with van der Waals surface area (Å²) in [7, 11) is -3.69. The van der Waals surface area contributed by atoms with Crippen LogP contribution in [-0.4, -0.2) is 40.4 Å². The molecule has 0 aliphatic heterocycles. The molecule has 0 saturated heterocycles. The van der Waals surface area contributed by atoms with Crippen molar-refractivity contribution >= 4 is 26.7 Å². The number of nitrogens with one attached hydrogen (secondary N) is 3. The Morgan fingerprint density at radius 1 is 1.15 bits per heavy atom. The van der Waals surface area contributed by atoms with Crippen LogP contribution in [0.15, 0.2) is 59.9 Å². The largest absolute Gasteiger partial charge is 0.381 e. The van der Waals surface area contributed by atoms with Crippen molar-refractivity contribution in [3.05, 3.63) is 66.4 Å². The first kappa shape index (κ1) is 21.1. The summed E-state index contributed by atoms with van der Waals surface area (Å²) in [5.74, 6) is 0.672. The topological polar surface area (TPSA) is 136 Å². The highest BCUT2D eigenvalue weighted by molar-refractivity contribution is 7.89. The number of anilines is 1. The first-order valence-electron chi connectivity index (χ1n) is 10.5. The highest BCUT2D eigenvalue weighted by atomic mass is 32.2. The molecule has 3 aromatic heterocycles. The van der Waals surface area contributed by atoms with E-state index in [1.54, 1.807) is 24.5 Å². The van der Waals surface area contributed by atoms with Crippen LogP contribution >= 0.6 is 0 Å². The van der Waals surface area contributed by atoms with Crippen LogP contribution in [0.1, 0.15) is 24.2 Å². The van der Waals surface area contributed by atoms with Gasteiger partial charge in [-0.15, -0.1) is 0 Å². The van der Waals surface area contributed by atoms with Crippen LogP contribution in [-0.2, 0) is 10.0 Å². The smallest absolute Gasteiger partial charge is 0.240 e. The van der Waals surface area contributed by atoms with Gasteiger partial charge in [0.05, 0.1) is 27.9 Å². The van der Waals surface area contributed by atoms with E-state index in [1.165, 1.54) is 12.1 Å². The molecule has 3 heterocycles. The molecule has 1 fully saturated rings. The van der Waals surface area contributed by atoms with E-state index in [1.807, 2.05) is 31.3 Å². The second kappa shape index (κ2) is 8.27. The highest BCUT2D eigenvalue weighted by Gasteiger charge is 2.33. The minimum absolute atomic E-state index is 0.0883. The van der Waals surface area contributed by atoms with E-state index >= 15 is 0 Å². The molecule has 10 heteroatoms. The second-order valence-electron chi connectivity index (χ2n) is 8.05. The molecule has 1 aliphatic carbocycles. The van der Waals surface area contributed by atoms with Crippen LogP contribution in [0.2, 0.25) is 0 Å². The van der Waals surface area contributed by atoms with Gasteiger partial charge in [-0.3, -0.25) is 0 Å². The maximum absolute atomic E-state index is 12.7. The van der Waals surface area contributed by atoms with Gasteiger partial charge in [-0.2, -0.15) is 5.26 Å².